The van der Waals surface area contributed by atoms with E-state index < -0.39 is 10.4 Å². The van der Waals surface area contributed by atoms with Crippen LogP contribution in [0.5, 0.6) is 0 Å². The average molecular weight is 238 g/mol. The summed E-state index contributed by atoms with van der Waals surface area (Å²) in [6.07, 6.45) is 0. The molecular weight excluding hydrogens is 224 g/mol. The third kappa shape index (κ3) is 3.34. The topological polar surface area (TPSA) is 83.1 Å². The van der Waals surface area contributed by atoms with Crippen LogP contribution in [0.25, 0.3) is 0 Å². The van der Waals surface area contributed by atoms with Crippen LogP contribution in [-0.2, 0) is 19.0 Å². The summed E-state index contributed by atoms with van der Waals surface area (Å²) < 4.78 is 32.1. The van der Waals surface area contributed by atoms with E-state index in [1.165, 1.54) is 10.1 Å². The van der Waals surface area contributed by atoms with E-state index in [0.717, 1.165) is 0 Å². The fourth-order valence-corrected chi connectivity index (χ4v) is 2.17. The monoisotopic (exact) mass is 238 g/mol. The zero-order valence-corrected chi connectivity index (χ0v) is 8.99. The summed E-state index contributed by atoms with van der Waals surface area (Å²) in [5, 5.41) is 8.50. The average Bonchev–Trinajstić information content (AvgIpc) is 2.75. The second-order valence-electron chi connectivity index (χ2n) is 3.28. The van der Waals surface area contributed by atoms with E-state index in [-0.39, 0.29) is 0 Å². The largest absolute Gasteiger partial charge is 0.432 e. The van der Waals surface area contributed by atoms with Crippen molar-refractivity contribution in [3.05, 3.63) is 0 Å². The van der Waals surface area contributed by atoms with Gasteiger partial charge < -0.3 is 10.6 Å². The van der Waals surface area contributed by atoms with Gasteiger partial charge in [-0.2, -0.15) is 27.1 Å². The highest BCUT2D eigenvalue weighted by Gasteiger charge is 2.26. The Morgan fingerprint density at radius 3 is 1.73 bits per heavy atom. The standard InChI is InChI=1S/C6H14N4O4S/c11-15(12,13-9-3-1-7-5-9)14-10-4-2-8-6-10/h7-8H,1-6H2. The number of hydrogen-bond donors (Lipinski definition) is 2. The maximum atomic E-state index is 11.4. The van der Waals surface area contributed by atoms with E-state index in [1.54, 1.807) is 0 Å². The minimum absolute atomic E-state index is 0.390. The summed E-state index contributed by atoms with van der Waals surface area (Å²) in [5.41, 5.74) is 0. The number of hydroxylamine groups is 4. The van der Waals surface area contributed by atoms with Gasteiger partial charge in [0, 0.05) is 26.2 Å². The molecular formula is C6H14N4O4S. The maximum Gasteiger partial charge on any atom is 0.432 e. The lowest BCUT2D eigenvalue weighted by molar-refractivity contribution is -0.0956. The van der Waals surface area contributed by atoms with Crippen molar-refractivity contribution < 1.29 is 17.0 Å². The predicted octanol–water partition coefficient (Wildman–Crippen LogP) is -2.18. The van der Waals surface area contributed by atoms with E-state index in [2.05, 4.69) is 10.6 Å². The van der Waals surface area contributed by atoms with Crippen molar-refractivity contribution in [1.29, 1.82) is 0 Å². The molecule has 0 bridgehead atoms. The first-order valence-electron chi connectivity index (χ1n) is 4.71. The van der Waals surface area contributed by atoms with Crippen LogP contribution >= 0.6 is 0 Å². The van der Waals surface area contributed by atoms with Gasteiger partial charge >= 0.3 is 10.4 Å². The van der Waals surface area contributed by atoms with Crippen LogP contribution in [0.2, 0.25) is 0 Å². The van der Waals surface area contributed by atoms with Crippen LogP contribution in [0.15, 0.2) is 0 Å². The molecule has 8 nitrogen and oxygen atoms in total. The normalized spacial score (nSPS) is 25.1. The molecule has 0 spiro atoms. The molecule has 88 valence electrons. The molecule has 0 atom stereocenters. The van der Waals surface area contributed by atoms with E-state index in [0.29, 0.717) is 39.5 Å². The molecule has 15 heavy (non-hydrogen) atoms. The maximum absolute atomic E-state index is 11.4. The quantitative estimate of drug-likeness (QED) is 0.572. The third-order valence-electron chi connectivity index (χ3n) is 2.05. The molecule has 0 aromatic heterocycles. The molecule has 2 rings (SSSR count). The van der Waals surface area contributed by atoms with Crippen molar-refractivity contribution in [3.63, 3.8) is 0 Å². The van der Waals surface area contributed by atoms with Crippen LogP contribution in [0, 0.1) is 0 Å². The van der Waals surface area contributed by atoms with Crippen LogP contribution in [-0.4, -0.2) is 58.1 Å². The molecule has 0 aliphatic carbocycles. The number of nitrogens with zero attached hydrogens (tertiary/aromatic N) is 2. The van der Waals surface area contributed by atoms with Crippen molar-refractivity contribution in [2.75, 3.05) is 39.5 Å². The summed E-state index contributed by atoms with van der Waals surface area (Å²) in [7, 11) is -3.98. The molecule has 2 aliphatic rings. The van der Waals surface area contributed by atoms with Crippen molar-refractivity contribution in [3.8, 4) is 0 Å². The molecule has 0 radical (unpaired) electrons. The molecule has 0 saturated carbocycles. The third-order valence-corrected chi connectivity index (χ3v) is 2.83. The zero-order chi connectivity index (χ0) is 10.7. The van der Waals surface area contributed by atoms with Crippen LogP contribution < -0.4 is 10.6 Å². The van der Waals surface area contributed by atoms with Crippen molar-refractivity contribution >= 4 is 10.4 Å². The summed E-state index contributed by atoms with van der Waals surface area (Å²) in [6.45, 7) is 3.25. The summed E-state index contributed by atoms with van der Waals surface area (Å²) in [6, 6.07) is 0. The van der Waals surface area contributed by atoms with Gasteiger partial charge in [-0.25, -0.2) is 0 Å². The second-order valence-corrected chi connectivity index (χ2v) is 4.40. The Morgan fingerprint density at radius 2 is 1.40 bits per heavy atom. The summed E-state index contributed by atoms with van der Waals surface area (Å²) in [5.74, 6) is 0. The number of hydrogen-bond acceptors (Lipinski definition) is 8. The fourth-order valence-electron chi connectivity index (χ4n) is 1.37. The van der Waals surface area contributed by atoms with Gasteiger partial charge in [0.05, 0.1) is 13.3 Å². The smallest absolute Gasteiger partial charge is 0.301 e. The molecule has 2 aliphatic heterocycles. The van der Waals surface area contributed by atoms with Gasteiger partial charge in [-0.05, 0) is 0 Å². The van der Waals surface area contributed by atoms with E-state index in [4.69, 9.17) is 8.57 Å². The Kier molecular flexibility index (Phi) is 3.51. The Morgan fingerprint density at radius 1 is 0.933 bits per heavy atom. The van der Waals surface area contributed by atoms with Crippen molar-refractivity contribution in [2.45, 2.75) is 0 Å². The second kappa shape index (κ2) is 4.70. The highest BCUT2D eigenvalue weighted by atomic mass is 32.3. The van der Waals surface area contributed by atoms with Gasteiger partial charge in [-0.15, -0.1) is 0 Å². The SMILES string of the molecule is O=S(=O)(ON1CCNC1)ON1CCNC1. The first kappa shape index (κ1) is 11.2. The van der Waals surface area contributed by atoms with Gasteiger partial charge in [0.2, 0.25) is 0 Å². The predicted molar refractivity (Wildman–Crippen MR) is 50.2 cm³/mol. The molecule has 2 heterocycles. The molecule has 2 N–H and O–H groups in total. The lowest BCUT2D eigenvalue weighted by Crippen LogP contribution is -2.32. The molecule has 0 unspecified atom stereocenters. The van der Waals surface area contributed by atoms with E-state index in [9.17, 15) is 8.42 Å². The Balaban J connectivity index is 1.82. The van der Waals surface area contributed by atoms with Crippen molar-refractivity contribution in [1.82, 2.24) is 20.8 Å². The minimum atomic E-state index is -3.98. The molecule has 0 aromatic rings. The van der Waals surface area contributed by atoms with Gasteiger partial charge in [0.25, 0.3) is 0 Å². The van der Waals surface area contributed by atoms with E-state index in [1.807, 2.05) is 0 Å². The fraction of sp³-hybridized carbons (Fsp3) is 1.00. The van der Waals surface area contributed by atoms with Crippen LogP contribution in [0.1, 0.15) is 0 Å². The first-order chi connectivity index (χ1) is 7.16. The van der Waals surface area contributed by atoms with Crippen LogP contribution in [0.4, 0.5) is 0 Å². The highest BCUT2D eigenvalue weighted by Crippen LogP contribution is 2.06. The Bertz CT molecular complexity index is 272. The molecule has 0 aromatic carbocycles. The Hall–Kier alpha value is -0.290. The van der Waals surface area contributed by atoms with E-state index >= 15 is 0 Å². The lowest BCUT2D eigenvalue weighted by atomic mass is 10.7. The van der Waals surface area contributed by atoms with Crippen LogP contribution in [0.3, 0.4) is 0 Å². The molecule has 2 fully saturated rings. The summed E-state index contributed by atoms with van der Waals surface area (Å²) in [4.78, 5) is 0. The van der Waals surface area contributed by atoms with Crippen molar-refractivity contribution in [2.24, 2.45) is 0 Å². The van der Waals surface area contributed by atoms with Gasteiger partial charge in [-0.1, -0.05) is 0 Å². The van der Waals surface area contributed by atoms with Gasteiger partial charge in [0.15, 0.2) is 0 Å². The zero-order valence-electron chi connectivity index (χ0n) is 8.18. The molecule has 0 amide bonds. The number of rotatable bonds is 4. The number of nitrogens with one attached hydrogen (secondary N) is 2. The summed E-state index contributed by atoms with van der Waals surface area (Å²) >= 11 is 0. The molecule has 9 heteroatoms. The van der Waals surface area contributed by atoms with Gasteiger partial charge in [-0.3, -0.25) is 0 Å². The Labute approximate surface area is 88.4 Å². The van der Waals surface area contributed by atoms with Gasteiger partial charge in [0.1, 0.15) is 0 Å². The lowest BCUT2D eigenvalue weighted by Gasteiger charge is -2.16. The first-order valence-corrected chi connectivity index (χ1v) is 6.04. The molecule has 2 saturated heterocycles. The minimum Gasteiger partial charge on any atom is -0.301 e. The highest BCUT2D eigenvalue weighted by molar-refractivity contribution is 7.81.